The van der Waals surface area contributed by atoms with Crippen molar-refractivity contribution in [1.82, 2.24) is 0 Å². The molecule has 0 aromatic rings. The Kier molecular flexibility index (Phi) is 6.70. The molecule has 114 valence electrons. The van der Waals surface area contributed by atoms with Crippen LogP contribution in [0.1, 0.15) is 51.4 Å². The summed E-state index contributed by atoms with van der Waals surface area (Å²) in [6.07, 6.45) is 11.3. The van der Waals surface area contributed by atoms with E-state index < -0.39 is 9.23 Å². The average molecular weight is 465 g/mol. The van der Waals surface area contributed by atoms with Gasteiger partial charge in [-0.3, -0.25) is 0 Å². The number of hydrogen-bond donors (Lipinski definition) is 0. The molecule has 0 heterocycles. The molecule has 2 fully saturated rings. The van der Waals surface area contributed by atoms with Crippen molar-refractivity contribution >= 4 is 37.4 Å². The Balaban J connectivity index is 2.13. The van der Waals surface area contributed by atoms with E-state index in [0.717, 1.165) is 0 Å². The first kappa shape index (κ1) is 16.8. The number of ether oxygens (including phenoxy) is 2. The van der Waals surface area contributed by atoms with E-state index in [1.54, 1.807) is 0 Å². The summed E-state index contributed by atoms with van der Waals surface area (Å²) in [6.45, 7) is 0. The molecule has 0 aromatic carbocycles. The molecule has 0 aliphatic heterocycles. The van der Waals surface area contributed by atoms with Gasteiger partial charge in [-0.05, 0) is 0 Å². The van der Waals surface area contributed by atoms with Gasteiger partial charge in [-0.15, -0.1) is 0 Å². The van der Waals surface area contributed by atoms with E-state index in [4.69, 9.17) is 9.47 Å². The number of rotatable bonds is 4. The van der Waals surface area contributed by atoms with Gasteiger partial charge in [0.25, 0.3) is 0 Å². The third-order valence-electron chi connectivity index (χ3n) is 4.70. The molecule has 0 bridgehead atoms. The van der Waals surface area contributed by atoms with Crippen LogP contribution in [0, 0.1) is 0 Å². The maximum atomic E-state index is 5.79. The molecule has 0 spiro atoms. The predicted molar refractivity (Wildman–Crippen MR) is 89.6 cm³/mol. The molecule has 2 aliphatic carbocycles. The van der Waals surface area contributed by atoms with E-state index >= 15 is 0 Å². The second-order valence-electron chi connectivity index (χ2n) is 5.74. The molecular formula is C14H26Br2O2Se. The minimum atomic E-state index is -1.90. The van der Waals surface area contributed by atoms with Gasteiger partial charge in [0, 0.05) is 0 Å². The maximum absolute atomic E-state index is 5.79. The summed E-state index contributed by atoms with van der Waals surface area (Å²) in [5.74, 6) is 0. The van der Waals surface area contributed by atoms with Crippen LogP contribution in [-0.4, -0.2) is 35.7 Å². The Morgan fingerprint density at radius 1 is 0.737 bits per heavy atom. The molecule has 2 rings (SSSR count). The fraction of sp³-hybridized carbons (Fsp3) is 1.00. The summed E-state index contributed by atoms with van der Waals surface area (Å²) in [7, 11) is 1.86. The molecule has 0 N–H and O–H groups in total. The van der Waals surface area contributed by atoms with Crippen molar-refractivity contribution in [2.24, 2.45) is 0 Å². The van der Waals surface area contributed by atoms with E-state index in [-0.39, 0.29) is 0 Å². The molecule has 0 radical (unpaired) electrons. The van der Waals surface area contributed by atoms with Crippen molar-refractivity contribution in [2.75, 3.05) is 14.2 Å². The van der Waals surface area contributed by atoms with Gasteiger partial charge < -0.3 is 0 Å². The fourth-order valence-electron chi connectivity index (χ4n) is 3.61. The summed E-state index contributed by atoms with van der Waals surface area (Å²) in [5.41, 5.74) is 0. The monoisotopic (exact) mass is 464 g/mol. The van der Waals surface area contributed by atoms with Crippen molar-refractivity contribution < 1.29 is 9.47 Å². The molecule has 0 aromatic heterocycles. The zero-order valence-corrected chi connectivity index (χ0v) is 16.8. The molecule has 2 nitrogen and oxygen atoms in total. The Bertz CT molecular complexity index is 263. The normalized spacial score (nSPS) is 38.1. The van der Waals surface area contributed by atoms with Crippen molar-refractivity contribution in [3.8, 4) is 0 Å². The third kappa shape index (κ3) is 3.78. The summed E-state index contributed by atoms with van der Waals surface area (Å²) in [6, 6.07) is 0. The van der Waals surface area contributed by atoms with E-state index in [0.29, 0.717) is 21.8 Å². The quantitative estimate of drug-likeness (QED) is 0.536. The van der Waals surface area contributed by atoms with Crippen LogP contribution in [-0.2, 0) is 9.47 Å². The molecule has 5 heteroatoms. The van der Waals surface area contributed by atoms with Gasteiger partial charge in [0.2, 0.25) is 0 Å². The first-order valence-corrected chi connectivity index (χ1v) is 17.4. The Morgan fingerprint density at radius 2 is 1.11 bits per heavy atom. The Hall–Kier alpha value is 1.40. The minimum absolute atomic E-state index is 0.437. The van der Waals surface area contributed by atoms with Crippen LogP contribution in [0.15, 0.2) is 0 Å². The molecule has 0 unspecified atom stereocenters. The van der Waals surface area contributed by atoms with Gasteiger partial charge in [-0.25, -0.2) is 0 Å². The summed E-state index contributed by atoms with van der Waals surface area (Å²) in [4.78, 5) is 1.38. The first-order chi connectivity index (χ1) is 9.11. The van der Waals surface area contributed by atoms with Crippen LogP contribution in [0.4, 0.5) is 0 Å². The molecule has 2 saturated carbocycles. The first-order valence-electron chi connectivity index (χ1n) is 7.37. The van der Waals surface area contributed by atoms with Gasteiger partial charge in [-0.2, -0.15) is 0 Å². The van der Waals surface area contributed by atoms with Crippen LogP contribution in [0.3, 0.4) is 0 Å². The number of hydrogen-bond acceptors (Lipinski definition) is 2. The molecule has 2 aliphatic rings. The van der Waals surface area contributed by atoms with E-state index in [1.807, 2.05) is 14.2 Å². The standard InChI is InChI=1S/C14H26Br2O2Se/c1-17-11-7-3-5-9-13(11)19(15,16)14-10-6-4-8-12(14)18-2/h11-14H,3-10H2,1-2H3/t11-,12-,13-,14-/m0/s1. The third-order valence-corrected chi connectivity index (χ3v) is 20.3. The van der Waals surface area contributed by atoms with E-state index in [2.05, 4.69) is 28.2 Å². The van der Waals surface area contributed by atoms with Crippen LogP contribution in [0.2, 0.25) is 9.63 Å². The summed E-state index contributed by atoms with van der Waals surface area (Å²) >= 11 is 8.36. The SMILES string of the molecule is CO[C@H]1CCCC[C@@H]1[Se](Br)(Br)[C@H]1CCCC[C@@H]1OC. The summed E-state index contributed by atoms with van der Waals surface area (Å²) < 4.78 is 11.6. The van der Waals surface area contributed by atoms with Gasteiger partial charge in [0.1, 0.15) is 0 Å². The van der Waals surface area contributed by atoms with Crippen LogP contribution < -0.4 is 0 Å². The van der Waals surface area contributed by atoms with E-state index in [1.165, 1.54) is 51.4 Å². The summed E-state index contributed by atoms with van der Waals surface area (Å²) in [5, 5.41) is 0. The second kappa shape index (κ2) is 7.60. The van der Waals surface area contributed by atoms with Crippen molar-refractivity contribution in [3.63, 3.8) is 0 Å². The van der Waals surface area contributed by atoms with Crippen molar-refractivity contribution in [2.45, 2.75) is 73.2 Å². The fourth-order valence-corrected chi connectivity index (χ4v) is 18.2. The molecule has 4 atom stereocenters. The topological polar surface area (TPSA) is 18.5 Å². The molecule has 19 heavy (non-hydrogen) atoms. The molecule has 0 saturated heterocycles. The van der Waals surface area contributed by atoms with Crippen LogP contribution in [0.25, 0.3) is 0 Å². The second-order valence-corrected chi connectivity index (χ2v) is 26.2. The Labute approximate surface area is 134 Å². The Morgan fingerprint density at radius 3 is 1.47 bits per heavy atom. The molecular weight excluding hydrogens is 439 g/mol. The zero-order chi connectivity index (χ0) is 13.9. The predicted octanol–water partition coefficient (Wildman–Crippen LogP) is 5.14. The van der Waals surface area contributed by atoms with Crippen molar-refractivity contribution in [1.29, 1.82) is 0 Å². The zero-order valence-electron chi connectivity index (χ0n) is 11.9. The van der Waals surface area contributed by atoms with Crippen LogP contribution >= 0.6 is 28.2 Å². The number of methoxy groups -OCH3 is 2. The van der Waals surface area contributed by atoms with E-state index in [9.17, 15) is 0 Å². The molecule has 0 amide bonds. The van der Waals surface area contributed by atoms with Crippen molar-refractivity contribution in [3.05, 3.63) is 0 Å². The number of halogens is 2. The van der Waals surface area contributed by atoms with Gasteiger partial charge in [0.05, 0.1) is 0 Å². The van der Waals surface area contributed by atoms with Gasteiger partial charge >= 0.3 is 134 Å². The average Bonchev–Trinajstić information content (AvgIpc) is 2.47. The van der Waals surface area contributed by atoms with Crippen LogP contribution in [0.5, 0.6) is 0 Å². The van der Waals surface area contributed by atoms with Gasteiger partial charge in [-0.1, -0.05) is 0 Å². The van der Waals surface area contributed by atoms with Gasteiger partial charge in [0.15, 0.2) is 0 Å².